The van der Waals surface area contributed by atoms with Gasteiger partial charge in [-0.15, -0.1) is 0 Å². The van der Waals surface area contributed by atoms with Gasteiger partial charge >= 0.3 is 0 Å². The largest absolute Gasteiger partial charge is 0.456 e. The van der Waals surface area contributed by atoms with Crippen molar-refractivity contribution in [2.45, 2.75) is 13.8 Å². The van der Waals surface area contributed by atoms with Crippen molar-refractivity contribution in [2.75, 3.05) is 0 Å². The molecular formula is C41H25N5O. The number of benzene rings is 6. The number of hydrogen-bond acceptors (Lipinski definition) is 4. The zero-order valence-corrected chi connectivity index (χ0v) is 25.6. The predicted molar refractivity (Wildman–Crippen MR) is 190 cm³/mol. The maximum atomic E-state index is 6.56. The zero-order chi connectivity index (χ0) is 31.0. The highest BCUT2D eigenvalue weighted by molar-refractivity contribution is 6.36. The van der Waals surface area contributed by atoms with Gasteiger partial charge in [0.2, 0.25) is 5.95 Å². The molecule has 0 aliphatic rings. The van der Waals surface area contributed by atoms with E-state index in [0.29, 0.717) is 17.6 Å². The molecule has 0 spiro atoms. The third-order valence-electron chi connectivity index (χ3n) is 9.85. The lowest BCUT2D eigenvalue weighted by atomic mass is 10.0. The van der Waals surface area contributed by atoms with E-state index in [-0.39, 0.29) is 0 Å². The molecule has 6 aromatic carbocycles. The molecule has 5 aromatic heterocycles. The minimum Gasteiger partial charge on any atom is -0.456 e. The summed E-state index contributed by atoms with van der Waals surface area (Å²) in [7, 11) is 0. The Bertz CT molecular complexity index is 2950. The molecule has 6 nitrogen and oxygen atoms in total. The fraction of sp³-hybridized carbons (Fsp3) is 0.0488. The molecule has 0 bridgehead atoms. The van der Waals surface area contributed by atoms with Gasteiger partial charge in [0, 0.05) is 38.1 Å². The molecule has 11 aromatic rings. The van der Waals surface area contributed by atoms with Crippen LogP contribution in [0.5, 0.6) is 0 Å². The first kappa shape index (κ1) is 25.0. The summed E-state index contributed by atoms with van der Waals surface area (Å²) in [6.07, 6.45) is 0. The quantitative estimate of drug-likeness (QED) is 0.202. The van der Waals surface area contributed by atoms with Crippen LogP contribution in [-0.2, 0) is 0 Å². The van der Waals surface area contributed by atoms with Crippen LogP contribution in [0.2, 0.25) is 0 Å². The van der Waals surface area contributed by atoms with Crippen molar-refractivity contribution < 1.29 is 4.42 Å². The standard InChI is InChI=1S/C41H25N5O/c1-22-10-14-24(15-11-22)39-42-40(25-16-12-23(2)13-17-25)44-41(43-39)46-30-9-5-8-29-34(30)35-31(46)19-21-32-36(35)37-33(47-32)20-18-27-26-6-3-4-7-28(26)45(29)38(27)37/h3-21H,1-2H3. The number of hydrogen-bond donors (Lipinski definition) is 0. The average Bonchev–Trinajstić information content (AvgIpc) is 3.73. The predicted octanol–water partition coefficient (Wildman–Crippen LogP) is 10.3. The minimum atomic E-state index is 0.582. The van der Waals surface area contributed by atoms with Crippen LogP contribution < -0.4 is 0 Å². The van der Waals surface area contributed by atoms with Crippen LogP contribution in [0.1, 0.15) is 11.1 Å². The normalized spacial score (nSPS) is 12.5. The van der Waals surface area contributed by atoms with Gasteiger partial charge in [-0.3, -0.25) is 4.57 Å². The highest BCUT2D eigenvalue weighted by atomic mass is 16.3. The Balaban J connectivity index is 1.33. The van der Waals surface area contributed by atoms with Crippen LogP contribution in [0.25, 0.3) is 99.8 Å². The molecule has 0 fully saturated rings. The van der Waals surface area contributed by atoms with Crippen LogP contribution in [0, 0.1) is 13.8 Å². The SMILES string of the molecule is Cc1ccc(-c2nc(-c3ccc(C)cc3)nc(-n3c4ccc5oc6ccc7c8ccccc8n8c9cccc3c9c4c5c6c78)n2)cc1. The summed E-state index contributed by atoms with van der Waals surface area (Å²) in [5.41, 5.74) is 11.6. The molecule has 0 atom stereocenters. The topological polar surface area (TPSA) is 61.2 Å². The molecule has 0 amide bonds. The molecule has 0 aliphatic carbocycles. The van der Waals surface area contributed by atoms with E-state index in [2.05, 4.69) is 138 Å². The Labute approximate surface area is 267 Å². The Kier molecular flexibility index (Phi) is 4.63. The Morgan fingerprint density at radius 1 is 0.468 bits per heavy atom. The van der Waals surface area contributed by atoms with Crippen molar-refractivity contribution in [3.63, 3.8) is 0 Å². The van der Waals surface area contributed by atoms with Crippen molar-refractivity contribution in [1.82, 2.24) is 23.9 Å². The van der Waals surface area contributed by atoms with Crippen molar-refractivity contribution in [3.8, 4) is 28.7 Å². The van der Waals surface area contributed by atoms with Gasteiger partial charge in [0.25, 0.3) is 0 Å². The van der Waals surface area contributed by atoms with E-state index >= 15 is 0 Å². The van der Waals surface area contributed by atoms with E-state index in [4.69, 9.17) is 19.4 Å². The summed E-state index contributed by atoms with van der Waals surface area (Å²) in [5, 5.41) is 7.04. The lowest BCUT2D eigenvalue weighted by molar-refractivity contribution is 0.669. The van der Waals surface area contributed by atoms with Crippen molar-refractivity contribution in [3.05, 3.63) is 126 Å². The lowest BCUT2D eigenvalue weighted by Gasteiger charge is -2.11. The van der Waals surface area contributed by atoms with Gasteiger partial charge in [-0.25, -0.2) is 4.98 Å². The first-order valence-electron chi connectivity index (χ1n) is 15.9. The van der Waals surface area contributed by atoms with Gasteiger partial charge in [-0.1, -0.05) is 83.9 Å². The van der Waals surface area contributed by atoms with E-state index < -0.39 is 0 Å². The molecule has 0 radical (unpaired) electrons. The second kappa shape index (κ2) is 8.71. The maximum absolute atomic E-state index is 6.56. The van der Waals surface area contributed by atoms with Crippen LogP contribution in [0.4, 0.5) is 0 Å². The van der Waals surface area contributed by atoms with Crippen LogP contribution in [0.15, 0.2) is 120 Å². The molecule has 0 aliphatic heterocycles. The molecule has 6 heteroatoms. The number of para-hydroxylation sites is 1. The van der Waals surface area contributed by atoms with Crippen molar-refractivity contribution in [1.29, 1.82) is 0 Å². The highest BCUT2D eigenvalue weighted by Crippen LogP contribution is 2.48. The zero-order valence-electron chi connectivity index (χ0n) is 25.6. The van der Waals surface area contributed by atoms with Gasteiger partial charge in [0.05, 0.1) is 33.0 Å². The van der Waals surface area contributed by atoms with Crippen molar-refractivity contribution in [2.24, 2.45) is 0 Å². The van der Waals surface area contributed by atoms with Gasteiger partial charge in [-0.05, 0) is 56.3 Å². The van der Waals surface area contributed by atoms with Crippen LogP contribution in [0.3, 0.4) is 0 Å². The fourth-order valence-corrected chi connectivity index (χ4v) is 7.71. The minimum absolute atomic E-state index is 0.582. The molecule has 5 heterocycles. The first-order chi connectivity index (χ1) is 23.1. The molecular weight excluding hydrogens is 578 g/mol. The average molecular weight is 604 g/mol. The summed E-state index contributed by atoms with van der Waals surface area (Å²) in [6, 6.07) is 40.6. The number of aromatic nitrogens is 5. The van der Waals surface area contributed by atoms with Crippen molar-refractivity contribution >= 4 is 71.1 Å². The Morgan fingerprint density at radius 2 is 1.09 bits per heavy atom. The summed E-state index contributed by atoms with van der Waals surface area (Å²) in [6.45, 7) is 4.18. The molecule has 0 saturated carbocycles. The molecule has 0 N–H and O–H groups in total. The molecule has 220 valence electrons. The molecule has 11 rings (SSSR count). The summed E-state index contributed by atoms with van der Waals surface area (Å²) in [4.78, 5) is 15.4. The number of nitrogens with zero attached hydrogens (tertiary/aromatic N) is 5. The van der Waals surface area contributed by atoms with Crippen LogP contribution in [-0.4, -0.2) is 23.9 Å². The summed E-state index contributed by atoms with van der Waals surface area (Å²) >= 11 is 0. The van der Waals surface area contributed by atoms with Crippen LogP contribution >= 0.6 is 0 Å². The first-order valence-corrected chi connectivity index (χ1v) is 15.9. The fourth-order valence-electron chi connectivity index (χ4n) is 7.71. The van der Waals surface area contributed by atoms with Gasteiger partial charge in [-0.2, -0.15) is 9.97 Å². The summed E-state index contributed by atoms with van der Waals surface area (Å²) < 4.78 is 11.2. The second-order valence-corrected chi connectivity index (χ2v) is 12.6. The Hall–Kier alpha value is -6.27. The smallest absolute Gasteiger partial charge is 0.238 e. The number of aryl methyl sites for hydroxylation is 2. The van der Waals surface area contributed by atoms with E-state index in [1.807, 2.05) is 0 Å². The number of fused-ring (bicyclic) bond motifs is 4. The second-order valence-electron chi connectivity index (χ2n) is 12.6. The molecule has 47 heavy (non-hydrogen) atoms. The Morgan fingerprint density at radius 3 is 1.83 bits per heavy atom. The third-order valence-corrected chi connectivity index (χ3v) is 9.85. The number of furan rings is 1. The molecule has 0 saturated heterocycles. The third kappa shape index (κ3) is 3.21. The number of rotatable bonds is 3. The van der Waals surface area contributed by atoms with E-state index in [1.165, 1.54) is 32.9 Å². The molecule has 0 unspecified atom stereocenters. The van der Waals surface area contributed by atoms with Gasteiger partial charge in [0.1, 0.15) is 11.2 Å². The van der Waals surface area contributed by atoms with E-state index in [9.17, 15) is 0 Å². The monoisotopic (exact) mass is 603 g/mol. The van der Waals surface area contributed by atoms with Gasteiger partial charge in [0.15, 0.2) is 11.6 Å². The summed E-state index contributed by atoms with van der Waals surface area (Å²) in [5.74, 6) is 1.86. The van der Waals surface area contributed by atoms with E-state index in [1.54, 1.807) is 0 Å². The lowest BCUT2D eigenvalue weighted by Crippen LogP contribution is -2.06. The maximum Gasteiger partial charge on any atom is 0.238 e. The highest BCUT2D eigenvalue weighted by Gasteiger charge is 2.27. The van der Waals surface area contributed by atoms with Gasteiger partial charge < -0.3 is 8.82 Å². The van der Waals surface area contributed by atoms with E-state index in [0.717, 1.165) is 60.4 Å².